The van der Waals surface area contributed by atoms with Crippen LogP contribution in [0.15, 0.2) is 69.9 Å². The Morgan fingerprint density at radius 1 is 1.08 bits per heavy atom. The van der Waals surface area contributed by atoms with Crippen molar-refractivity contribution in [2.75, 3.05) is 24.3 Å². The van der Waals surface area contributed by atoms with Crippen molar-refractivity contribution in [2.24, 2.45) is 0 Å². The van der Waals surface area contributed by atoms with E-state index < -0.39 is 0 Å². The summed E-state index contributed by atoms with van der Waals surface area (Å²) in [7, 11) is 4.02. The molecule has 1 aromatic heterocycles. The fraction of sp³-hybridized carbons (Fsp3) is 0.105. The molecule has 1 amide bonds. The molecule has 0 spiro atoms. The third-order valence-electron chi connectivity index (χ3n) is 3.42. The van der Waals surface area contributed by atoms with Crippen LogP contribution in [0.3, 0.4) is 0 Å². The van der Waals surface area contributed by atoms with Crippen LogP contribution < -0.4 is 10.2 Å². The molecule has 1 N–H and O–H groups in total. The van der Waals surface area contributed by atoms with Crippen LogP contribution in [0.5, 0.6) is 0 Å². The molecule has 0 saturated heterocycles. The molecule has 0 unspecified atom stereocenters. The summed E-state index contributed by atoms with van der Waals surface area (Å²) >= 11 is 2.88. The lowest BCUT2D eigenvalue weighted by molar-refractivity contribution is -0.111. The Morgan fingerprint density at radius 2 is 1.81 bits per heavy atom. The minimum absolute atomic E-state index is 0.225. The minimum atomic E-state index is -0.225. The molecule has 0 radical (unpaired) electrons. The Labute approximate surface area is 160 Å². The van der Waals surface area contributed by atoms with E-state index in [1.54, 1.807) is 6.08 Å². The molecule has 0 aliphatic carbocycles. The molecule has 0 atom stereocenters. The fourth-order valence-electron chi connectivity index (χ4n) is 2.10. The summed E-state index contributed by atoms with van der Waals surface area (Å²) < 4.78 is 0.782. The smallest absolute Gasteiger partial charge is 0.250 e. The van der Waals surface area contributed by atoms with Gasteiger partial charge in [-0.05, 0) is 35.9 Å². The number of anilines is 2. The Balaban J connectivity index is 1.57. The molecule has 2 aromatic carbocycles. The number of aromatic nitrogens is 2. The lowest BCUT2D eigenvalue weighted by Crippen LogP contribution is -2.07. The van der Waals surface area contributed by atoms with Gasteiger partial charge in [0.15, 0.2) is 4.34 Å². The van der Waals surface area contributed by atoms with Gasteiger partial charge in [-0.15, -0.1) is 10.2 Å². The van der Waals surface area contributed by atoms with Crippen LogP contribution in [0.2, 0.25) is 0 Å². The third kappa shape index (κ3) is 5.18. The van der Waals surface area contributed by atoms with Gasteiger partial charge in [-0.1, -0.05) is 53.4 Å². The first kappa shape index (κ1) is 18.2. The molecule has 0 aliphatic rings. The molecule has 5 nitrogen and oxygen atoms in total. The third-order valence-corrected chi connectivity index (χ3v) is 5.32. The van der Waals surface area contributed by atoms with Crippen molar-refractivity contribution < 1.29 is 4.79 Å². The highest BCUT2D eigenvalue weighted by Crippen LogP contribution is 2.32. The average Bonchev–Trinajstić information content (AvgIpc) is 3.08. The predicted molar refractivity (Wildman–Crippen MR) is 109 cm³/mol. The number of amides is 1. The fourth-order valence-corrected chi connectivity index (χ4v) is 3.83. The molecule has 132 valence electrons. The SMILES string of the molecule is CN(C)c1ccc(Sc2nnc(NC(=O)/C=C\c3ccccc3)s2)cc1. The van der Waals surface area contributed by atoms with Crippen LogP contribution in [0.4, 0.5) is 10.8 Å². The van der Waals surface area contributed by atoms with Crippen LogP contribution in [-0.2, 0) is 4.79 Å². The highest BCUT2D eigenvalue weighted by Gasteiger charge is 2.08. The minimum Gasteiger partial charge on any atom is -0.378 e. The van der Waals surface area contributed by atoms with Crippen molar-refractivity contribution >= 4 is 45.9 Å². The van der Waals surface area contributed by atoms with E-state index in [9.17, 15) is 4.79 Å². The summed E-state index contributed by atoms with van der Waals surface area (Å²) in [5, 5.41) is 11.4. The summed E-state index contributed by atoms with van der Waals surface area (Å²) in [6.45, 7) is 0. The molecule has 3 rings (SSSR count). The quantitative estimate of drug-likeness (QED) is 0.506. The predicted octanol–water partition coefficient (Wildman–Crippen LogP) is 4.41. The summed E-state index contributed by atoms with van der Waals surface area (Å²) in [6, 6.07) is 17.9. The molecule has 0 saturated carbocycles. The van der Waals surface area contributed by atoms with Crippen LogP contribution in [-0.4, -0.2) is 30.2 Å². The van der Waals surface area contributed by atoms with E-state index in [-0.39, 0.29) is 5.91 Å². The van der Waals surface area contributed by atoms with E-state index >= 15 is 0 Å². The second-order valence-corrected chi connectivity index (χ2v) is 7.89. The Hall–Kier alpha value is -2.64. The molecular weight excluding hydrogens is 364 g/mol. The van der Waals surface area contributed by atoms with Crippen molar-refractivity contribution in [1.82, 2.24) is 10.2 Å². The number of nitrogens with one attached hydrogen (secondary N) is 1. The zero-order chi connectivity index (χ0) is 18.4. The van der Waals surface area contributed by atoms with Crippen LogP contribution in [0.25, 0.3) is 6.08 Å². The first-order valence-corrected chi connectivity index (χ1v) is 9.56. The second-order valence-electron chi connectivity index (χ2n) is 5.60. The van der Waals surface area contributed by atoms with Gasteiger partial charge in [0.2, 0.25) is 11.0 Å². The van der Waals surface area contributed by atoms with Crippen LogP contribution >= 0.6 is 23.1 Å². The maximum Gasteiger partial charge on any atom is 0.250 e. The van der Waals surface area contributed by atoms with Gasteiger partial charge in [-0.3, -0.25) is 10.1 Å². The van der Waals surface area contributed by atoms with E-state index in [1.165, 1.54) is 29.2 Å². The van der Waals surface area contributed by atoms with Gasteiger partial charge in [-0.25, -0.2) is 0 Å². The first-order valence-electron chi connectivity index (χ1n) is 7.93. The number of carbonyl (C=O) groups excluding carboxylic acids is 1. The molecular formula is C19H18N4OS2. The lowest BCUT2D eigenvalue weighted by atomic mass is 10.2. The zero-order valence-corrected chi connectivity index (χ0v) is 16.1. The van der Waals surface area contributed by atoms with Crippen molar-refractivity contribution in [3.63, 3.8) is 0 Å². The normalized spacial score (nSPS) is 10.8. The molecule has 1 heterocycles. The molecule has 3 aromatic rings. The topological polar surface area (TPSA) is 58.1 Å². The van der Waals surface area contributed by atoms with Gasteiger partial charge in [0.25, 0.3) is 0 Å². The number of hydrogen-bond donors (Lipinski definition) is 1. The van der Waals surface area contributed by atoms with Crippen molar-refractivity contribution in [2.45, 2.75) is 9.24 Å². The van der Waals surface area contributed by atoms with Gasteiger partial charge in [-0.2, -0.15) is 0 Å². The molecule has 0 fully saturated rings. The van der Waals surface area contributed by atoms with Crippen LogP contribution in [0.1, 0.15) is 5.56 Å². The highest BCUT2D eigenvalue weighted by atomic mass is 32.2. The largest absolute Gasteiger partial charge is 0.378 e. The highest BCUT2D eigenvalue weighted by molar-refractivity contribution is 8.01. The van der Waals surface area contributed by atoms with E-state index in [2.05, 4.69) is 32.5 Å². The molecule has 0 aliphatic heterocycles. The lowest BCUT2D eigenvalue weighted by Gasteiger charge is -2.11. The van der Waals surface area contributed by atoms with Gasteiger partial charge in [0, 0.05) is 30.8 Å². The Kier molecular flexibility index (Phi) is 6.04. The zero-order valence-electron chi connectivity index (χ0n) is 14.4. The maximum absolute atomic E-state index is 12.0. The Morgan fingerprint density at radius 3 is 2.50 bits per heavy atom. The number of nitrogens with zero attached hydrogens (tertiary/aromatic N) is 3. The summed E-state index contributed by atoms with van der Waals surface area (Å²) in [4.78, 5) is 15.1. The summed E-state index contributed by atoms with van der Waals surface area (Å²) in [6.07, 6.45) is 3.25. The van der Waals surface area contributed by atoms with Crippen LogP contribution in [0, 0.1) is 0 Å². The van der Waals surface area contributed by atoms with Gasteiger partial charge in [0.05, 0.1) is 0 Å². The van der Waals surface area contributed by atoms with Crippen molar-refractivity contribution in [1.29, 1.82) is 0 Å². The standard InChI is InChI=1S/C19H18N4OS2/c1-23(2)15-9-11-16(12-10-15)25-19-22-21-18(26-19)20-17(24)13-8-14-6-4-3-5-7-14/h3-13H,1-2H3,(H,20,21,24)/b13-8-. The first-order chi connectivity index (χ1) is 12.6. The number of rotatable bonds is 6. The average molecular weight is 383 g/mol. The number of carbonyl (C=O) groups is 1. The van der Waals surface area contributed by atoms with E-state index in [1.807, 2.05) is 56.6 Å². The van der Waals surface area contributed by atoms with E-state index in [4.69, 9.17) is 0 Å². The molecule has 26 heavy (non-hydrogen) atoms. The van der Waals surface area contributed by atoms with E-state index in [0.29, 0.717) is 5.13 Å². The van der Waals surface area contributed by atoms with Gasteiger partial charge >= 0.3 is 0 Å². The maximum atomic E-state index is 12.0. The van der Waals surface area contributed by atoms with Crippen molar-refractivity contribution in [3.05, 3.63) is 66.2 Å². The van der Waals surface area contributed by atoms with Gasteiger partial charge in [0.1, 0.15) is 0 Å². The van der Waals surface area contributed by atoms with Crippen molar-refractivity contribution in [3.8, 4) is 0 Å². The summed E-state index contributed by atoms with van der Waals surface area (Å²) in [5.74, 6) is -0.225. The van der Waals surface area contributed by atoms with Gasteiger partial charge < -0.3 is 4.90 Å². The summed E-state index contributed by atoms with van der Waals surface area (Å²) in [5.41, 5.74) is 2.11. The molecule has 7 heteroatoms. The number of hydrogen-bond acceptors (Lipinski definition) is 6. The second kappa shape index (κ2) is 8.64. The van der Waals surface area contributed by atoms with E-state index in [0.717, 1.165) is 20.5 Å². The Bertz CT molecular complexity index is 889. The monoisotopic (exact) mass is 382 g/mol. The number of benzene rings is 2. The molecule has 0 bridgehead atoms.